The highest BCUT2D eigenvalue weighted by Crippen LogP contribution is 2.71. The summed E-state index contributed by atoms with van der Waals surface area (Å²) in [6.07, 6.45) is 4.62. The summed E-state index contributed by atoms with van der Waals surface area (Å²) in [6.45, 7) is 11.5. The van der Waals surface area contributed by atoms with Crippen molar-refractivity contribution in [1.29, 1.82) is 0 Å². The second-order valence-corrected chi connectivity index (χ2v) is 7.35. The molecule has 1 saturated heterocycles. The van der Waals surface area contributed by atoms with Crippen LogP contribution in [-0.2, 0) is 9.47 Å². The van der Waals surface area contributed by atoms with E-state index >= 15 is 0 Å². The lowest BCUT2D eigenvalue weighted by atomic mass is 9.70. The maximum absolute atomic E-state index is 6.25. The first kappa shape index (κ1) is 12.0. The van der Waals surface area contributed by atoms with Crippen molar-refractivity contribution in [2.24, 2.45) is 22.7 Å². The van der Waals surface area contributed by atoms with Gasteiger partial charge in [0, 0.05) is 6.42 Å². The molecule has 2 bridgehead atoms. The van der Waals surface area contributed by atoms with Gasteiger partial charge in [0.15, 0.2) is 6.29 Å². The number of ether oxygens (including phenoxy) is 2. The highest BCUT2D eigenvalue weighted by molar-refractivity contribution is 5.16. The minimum absolute atomic E-state index is 0.0565. The van der Waals surface area contributed by atoms with Gasteiger partial charge in [0.25, 0.3) is 0 Å². The van der Waals surface area contributed by atoms with Gasteiger partial charge in [-0.2, -0.15) is 0 Å². The molecule has 2 heteroatoms. The van der Waals surface area contributed by atoms with E-state index < -0.39 is 0 Å². The van der Waals surface area contributed by atoms with E-state index in [1.807, 2.05) is 0 Å². The predicted octanol–water partition coefficient (Wildman–Crippen LogP) is 3.60. The van der Waals surface area contributed by atoms with E-state index in [0.29, 0.717) is 16.9 Å². The van der Waals surface area contributed by atoms with E-state index in [1.165, 1.54) is 12.8 Å². The molecular formula is C15H26O2. The summed E-state index contributed by atoms with van der Waals surface area (Å²) in [6, 6.07) is 0. The Labute approximate surface area is 105 Å². The third-order valence-corrected chi connectivity index (χ3v) is 6.09. The third-order valence-electron chi connectivity index (χ3n) is 6.09. The van der Waals surface area contributed by atoms with Crippen LogP contribution >= 0.6 is 0 Å². The largest absolute Gasteiger partial charge is 0.350 e. The molecule has 0 spiro atoms. The second-order valence-electron chi connectivity index (χ2n) is 7.35. The summed E-state index contributed by atoms with van der Waals surface area (Å²) in [5, 5.41) is 0. The lowest BCUT2D eigenvalue weighted by Crippen LogP contribution is -2.38. The summed E-state index contributed by atoms with van der Waals surface area (Å²) in [4.78, 5) is 0. The topological polar surface area (TPSA) is 18.5 Å². The summed E-state index contributed by atoms with van der Waals surface area (Å²) < 4.78 is 12.1. The first-order valence-electron chi connectivity index (χ1n) is 7.17. The van der Waals surface area contributed by atoms with Crippen molar-refractivity contribution in [2.45, 2.75) is 72.4 Å². The lowest BCUT2D eigenvalue weighted by molar-refractivity contribution is -0.179. The maximum atomic E-state index is 6.25. The molecule has 98 valence electrons. The quantitative estimate of drug-likeness (QED) is 0.732. The van der Waals surface area contributed by atoms with Gasteiger partial charge >= 0.3 is 0 Å². The average Bonchev–Trinajstić information content (AvgIpc) is 2.73. The predicted molar refractivity (Wildman–Crippen MR) is 67.6 cm³/mol. The number of hydrogen-bond acceptors (Lipinski definition) is 2. The summed E-state index contributed by atoms with van der Waals surface area (Å²) >= 11 is 0. The molecule has 1 unspecified atom stereocenters. The lowest BCUT2D eigenvalue weighted by Gasteiger charge is -2.38. The Balaban J connectivity index is 1.81. The maximum Gasteiger partial charge on any atom is 0.158 e. The van der Waals surface area contributed by atoms with E-state index in [4.69, 9.17) is 9.47 Å². The Morgan fingerprint density at radius 2 is 1.94 bits per heavy atom. The Morgan fingerprint density at radius 1 is 1.24 bits per heavy atom. The summed E-state index contributed by atoms with van der Waals surface area (Å²) in [5.74, 6) is 1.59. The molecule has 3 fully saturated rings. The van der Waals surface area contributed by atoms with Crippen molar-refractivity contribution in [3.63, 3.8) is 0 Å². The average molecular weight is 238 g/mol. The molecule has 17 heavy (non-hydrogen) atoms. The summed E-state index contributed by atoms with van der Waals surface area (Å²) in [7, 11) is 0. The zero-order valence-corrected chi connectivity index (χ0v) is 11.8. The van der Waals surface area contributed by atoms with E-state index in [0.717, 1.165) is 18.3 Å². The molecule has 0 N–H and O–H groups in total. The van der Waals surface area contributed by atoms with Crippen LogP contribution in [-0.4, -0.2) is 18.5 Å². The van der Waals surface area contributed by atoms with E-state index in [9.17, 15) is 0 Å². The van der Waals surface area contributed by atoms with Crippen molar-refractivity contribution in [1.82, 2.24) is 0 Å². The first-order chi connectivity index (χ1) is 7.86. The van der Waals surface area contributed by atoms with Crippen LogP contribution in [0.2, 0.25) is 0 Å². The van der Waals surface area contributed by atoms with Crippen LogP contribution < -0.4 is 0 Å². The van der Waals surface area contributed by atoms with E-state index in [1.54, 1.807) is 0 Å². The van der Waals surface area contributed by atoms with Crippen LogP contribution in [0.15, 0.2) is 0 Å². The van der Waals surface area contributed by atoms with Gasteiger partial charge in [0.1, 0.15) is 0 Å². The van der Waals surface area contributed by atoms with Crippen LogP contribution in [0.5, 0.6) is 0 Å². The molecule has 2 aliphatic carbocycles. The fraction of sp³-hybridized carbons (Fsp3) is 1.00. The van der Waals surface area contributed by atoms with Crippen molar-refractivity contribution in [3.8, 4) is 0 Å². The molecule has 2 saturated carbocycles. The van der Waals surface area contributed by atoms with Crippen LogP contribution in [0.25, 0.3) is 0 Å². The molecule has 1 heterocycles. The van der Waals surface area contributed by atoms with Crippen molar-refractivity contribution in [3.05, 3.63) is 0 Å². The zero-order chi connectivity index (χ0) is 12.4. The number of hydrogen-bond donors (Lipinski definition) is 0. The SMILES string of the molecule is CC(C)O[C@@H]1C[C@@H]2[C@H]3CCC(C)([C@@H]2O1)C3(C)C. The van der Waals surface area contributed by atoms with Gasteiger partial charge in [0.2, 0.25) is 0 Å². The fourth-order valence-electron chi connectivity index (χ4n) is 4.87. The smallest absolute Gasteiger partial charge is 0.158 e. The third kappa shape index (κ3) is 1.40. The highest BCUT2D eigenvalue weighted by atomic mass is 16.7. The molecule has 0 aromatic heterocycles. The minimum Gasteiger partial charge on any atom is -0.350 e. The normalized spacial score (nSPS) is 51.2. The molecule has 0 aromatic carbocycles. The van der Waals surface area contributed by atoms with Crippen molar-refractivity contribution >= 4 is 0 Å². The molecule has 1 aliphatic heterocycles. The molecular weight excluding hydrogens is 212 g/mol. The molecule has 3 aliphatic rings. The molecule has 3 rings (SSSR count). The molecule has 0 aromatic rings. The van der Waals surface area contributed by atoms with Crippen LogP contribution in [0.3, 0.4) is 0 Å². The van der Waals surface area contributed by atoms with Gasteiger partial charge in [-0.1, -0.05) is 20.8 Å². The first-order valence-corrected chi connectivity index (χ1v) is 7.17. The van der Waals surface area contributed by atoms with Gasteiger partial charge in [-0.15, -0.1) is 0 Å². The second kappa shape index (κ2) is 3.48. The van der Waals surface area contributed by atoms with Crippen molar-refractivity contribution in [2.75, 3.05) is 0 Å². The zero-order valence-electron chi connectivity index (χ0n) is 11.8. The standard InChI is InChI=1S/C15H26O2/c1-9(2)16-12-8-10-11-6-7-15(5,13(10)17-12)14(11,3)4/h9-13H,6-8H2,1-5H3/t10-,11-,12+,13-,15?/m1/s1. The Kier molecular flexibility index (Phi) is 2.45. The molecule has 0 radical (unpaired) electrons. The van der Waals surface area contributed by atoms with Gasteiger partial charge in [-0.05, 0) is 49.4 Å². The number of fused-ring (bicyclic) bond motifs is 5. The van der Waals surface area contributed by atoms with E-state index in [-0.39, 0.29) is 12.4 Å². The van der Waals surface area contributed by atoms with Crippen molar-refractivity contribution < 1.29 is 9.47 Å². The summed E-state index contributed by atoms with van der Waals surface area (Å²) in [5.41, 5.74) is 0.822. The molecule has 2 nitrogen and oxygen atoms in total. The van der Waals surface area contributed by atoms with Crippen LogP contribution in [0.1, 0.15) is 53.9 Å². The van der Waals surface area contributed by atoms with Gasteiger partial charge in [0.05, 0.1) is 12.2 Å². The molecule has 5 atom stereocenters. The Morgan fingerprint density at radius 3 is 2.53 bits per heavy atom. The Bertz CT molecular complexity index is 323. The van der Waals surface area contributed by atoms with E-state index in [2.05, 4.69) is 34.6 Å². The van der Waals surface area contributed by atoms with Crippen LogP contribution in [0, 0.1) is 22.7 Å². The fourth-order valence-corrected chi connectivity index (χ4v) is 4.87. The Hall–Kier alpha value is -0.0800. The van der Waals surface area contributed by atoms with Gasteiger partial charge < -0.3 is 9.47 Å². The van der Waals surface area contributed by atoms with Crippen LogP contribution in [0.4, 0.5) is 0 Å². The highest BCUT2D eigenvalue weighted by Gasteiger charge is 2.69. The van der Waals surface area contributed by atoms with Gasteiger partial charge in [-0.3, -0.25) is 0 Å². The minimum atomic E-state index is 0.0565. The van der Waals surface area contributed by atoms with Gasteiger partial charge in [-0.25, -0.2) is 0 Å². The number of rotatable bonds is 2. The monoisotopic (exact) mass is 238 g/mol. The molecule has 0 amide bonds.